The van der Waals surface area contributed by atoms with Gasteiger partial charge in [-0.2, -0.15) is 0 Å². The molecule has 1 aromatic carbocycles. The van der Waals surface area contributed by atoms with E-state index in [1.807, 2.05) is 6.92 Å². The van der Waals surface area contributed by atoms with Crippen LogP contribution in [0.2, 0.25) is 0 Å². The van der Waals surface area contributed by atoms with Crippen molar-refractivity contribution in [3.05, 3.63) is 30.1 Å². The van der Waals surface area contributed by atoms with Crippen molar-refractivity contribution >= 4 is 13.1 Å². The average Bonchev–Trinajstić information content (AvgIpc) is 2.05. The van der Waals surface area contributed by atoms with E-state index < -0.39 is 7.80 Å². The van der Waals surface area contributed by atoms with Gasteiger partial charge in [0.25, 0.3) is 0 Å². The summed E-state index contributed by atoms with van der Waals surface area (Å²) in [5.41, 5.74) is 0. The fourth-order valence-corrected chi connectivity index (χ4v) is 2.19. The molecular weight excluding hydrogens is 174 g/mol. The van der Waals surface area contributed by atoms with E-state index in [-0.39, 0.29) is 5.82 Å². The Hall–Kier alpha value is -0.750. The minimum atomic E-state index is -1.52. The van der Waals surface area contributed by atoms with Crippen LogP contribution in [0.25, 0.3) is 0 Å². The van der Waals surface area contributed by atoms with Crippen molar-refractivity contribution in [2.45, 2.75) is 13.3 Å². The Morgan fingerprint density at radius 3 is 2.67 bits per heavy atom. The minimum Gasteiger partial charge on any atom is -0.282 e. The molecule has 12 heavy (non-hydrogen) atoms. The molecule has 3 heteroatoms. The lowest BCUT2D eigenvalue weighted by Crippen LogP contribution is -2.03. The summed E-state index contributed by atoms with van der Waals surface area (Å²) in [5, 5.41) is 0.356. The predicted octanol–water partition coefficient (Wildman–Crippen LogP) is 2.69. The van der Waals surface area contributed by atoms with Crippen LogP contribution in [0.1, 0.15) is 13.3 Å². The molecule has 1 aromatic rings. The molecule has 1 nitrogen and oxygen atoms in total. The van der Waals surface area contributed by atoms with E-state index in [0.29, 0.717) is 11.5 Å². The molecule has 65 valence electrons. The van der Waals surface area contributed by atoms with E-state index in [9.17, 15) is 8.96 Å². The lowest BCUT2D eigenvalue weighted by atomic mass is 10.3. The molecule has 0 aliphatic carbocycles. The SMILES string of the molecule is CCC[P](=O)c1ccccc1F. The van der Waals surface area contributed by atoms with Gasteiger partial charge >= 0.3 is 0 Å². The fourth-order valence-electron chi connectivity index (χ4n) is 0.978. The third kappa shape index (κ3) is 2.12. The monoisotopic (exact) mass is 185 g/mol. The van der Waals surface area contributed by atoms with E-state index in [2.05, 4.69) is 0 Å². The highest BCUT2D eigenvalue weighted by Gasteiger charge is 2.07. The van der Waals surface area contributed by atoms with Gasteiger partial charge < -0.3 is 0 Å². The highest BCUT2D eigenvalue weighted by Crippen LogP contribution is 2.21. The first-order chi connectivity index (χ1) is 5.75. The number of hydrogen-bond donors (Lipinski definition) is 0. The maximum Gasteiger partial charge on any atom is 0.137 e. The minimum absolute atomic E-state index is 0.355. The second-order valence-electron chi connectivity index (χ2n) is 2.55. The van der Waals surface area contributed by atoms with Crippen LogP contribution in [-0.2, 0) is 4.57 Å². The van der Waals surface area contributed by atoms with Crippen molar-refractivity contribution in [1.82, 2.24) is 0 Å². The molecule has 0 aliphatic rings. The first-order valence-electron chi connectivity index (χ1n) is 3.95. The van der Waals surface area contributed by atoms with Crippen molar-refractivity contribution in [2.75, 3.05) is 6.16 Å². The second kappa shape index (κ2) is 4.32. The molecule has 0 fully saturated rings. The zero-order valence-electron chi connectivity index (χ0n) is 6.96. The molecule has 1 rings (SSSR count). The summed E-state index contributed by atoms with van der Waals surface area (Å²) >= 11 is 0. The Balaban J connectivity index is 2.87. The van der Waals surface area contributed by atoms with Crippen LogP contribution in [0.5, 0.6) is 0 Å². The van der Waals surface area contributed by atoms with Gasteiger partial charge in [-0.15, -0.1) is 0 Å². The molecule has 1 unspecified atom stereocenters. The molecule has 0 saturated heterocycles. The molecule has 0 aliphatic heterocycles. The van der Waals surface area contributed by atoms with E-state index in [0.717, 1.165) is 6.42 Å². The fraction of sp³-hybridized carbons (Fsp3) is 0.333. The highest BCUT2D eigenvalue weighted by molar-refractivity contribution is 7.53. The van der Waals surface area contributed by atoms with Crippen molar-refractivity contribution in [3.8, 4) is 0 Å². The Labute approximate surface area is 72.4 Å². The van der Waals surface area contributed by atoms with Crippen molar-refractivity contribution in [1.29, 1.82) is 0 Å². The van der Waals surface area contributed by atoms with Crippen molar-refractivity contribution in [2.24, 2.45) is 0 Å². The Morgan fingerprint density at radius 2 is 2.08 bits per heavy atom. The molecule has 0 N–H and O–H groups in total. The standard InChI is InChI=1S/C9H11FOP/c1-2-7-12(11)9-6-4-3-5-8(9)10/h3-6H,2,7H2,1H3. The number of halogens is 1. The number of hydrogen-bond acceptors (Lipinski definition) is 1. The molecule has 0 amide bonds. The van der Waals surface area contributed by atoms with Crippen LogP contribution in [0.15, 0.2) is 24.3 Å². The van der Waals surface area contributed by atoms with Crippen molar-refractivity contribution in [3.63, 3.8) is 0 Å². The molecule has 0 aromatic heterocycles. The maximum atomic E-state index is 13.0. The molecule has 1 radical (unpaired) electrons. The van der Waals surface area contributed by atoms with Gasteiger partial charge in [0.15, 0.2) is 0 Å². The molecular formula is C9H11FOP. The third-order valence-corrected chi connectivity index (χ3v) is 3.30. The topological polar surface area (TPSA) is 17.1 Å². The summed E-state index contributed by atoms with van der Waals surface area (Å²) in [5.74, 6) is -0.355. The molecule has 1 atom stereocenters. The van der Waals surface area contributed by atoms with Gasteiger partial charge in [-0.05, 0) is 18.6 Å². The summed E-state index contributed by atoms with van der Waals surface area (Å²) in [7, 11) is -1.52. The van der Waals surface area contributed by atoms with E-state index in [4.69, 9.17) is 0 Å². The summed E-state index contributed by atoms with van der Waals surface area (Å²) in [6.07, 6.45) is 1.39. The van der Waals surface area contributed by atoms with Gasteiger partial charge in [0.2, 0.25) is 0 Å². The summed E-state index contributed by atoms with van der Waals surface area (Å²) in [6.45, 7) is 1.94. The van der Waals surface area contributed by atoms with Crippen molar-refractivity contribution < 1.29 is 8.96 Å². The molecule has 0 bridgehead atoms. The third-order valence-electron chi connectivity index (χ3n) is 1.55. The molecule has 0 heterocycles. The van der Waals surface area contributed by atoms with Crippen LogP contribution in [0.4, 0.5) is 4.39 Å². The van der Waals surface area contributed by atoms with E-state index in [1.165, 1.54) is 6.07 Å². The Kier molecular flexibility index (Phi) is 3.36. The van der Waals surface area contributed by atoms with Crippen LogP contribution >= 0.6 is 7.80 Å². The molecule has 0 spiro atoms. The van der Waals surface area contributed by atoms with E-state index in [1.54, 1.807) is 18.2 Å². The highest BCUT2D eigenvalue weighted by atomic mass is 31.1. The van der Waals surface area contributed by atoms with Crippen LogP contribution < -0.4 is 5.30 Å². The lowest BCUT2D eigenvalue weighted by Gasteiger charge is -1.99. The Bertz CT molecular complexity index is 286. The summed E-state index contributed by atoms with van der Waals surface area (Å²) in [6, 6.07) is 6.25. The van der Waals surface area contributed by atoms with Gasteiger partial charge in [-0.3, -0.25) is 4.57 Å². The zero-order valence-corrected chi connectivity index (χ0v) is 7.85. The lowest BCUT2D eigenvalue weighted by molar-refractivity contribution is 0.589. The Morgan fingerprint density at radius 1 is 1.42 bits per heavy atom. The molecule has 0 saturated carbocycles. The summed E-state index contributed by atoms with van der Waals surface area (Å²) in [4.78, 5) is 0. The zero-order chi connectivity index (χ0) is 8.97. The van der Waals surface area contributed by atoms with Gasteiger partial charge in [0, 0.05) is 6.16 Å². The first kappa shape index (κ1) is 9.34. The van der Waals surface area contributed by atoms with Crippen LogP contribution in [0, 0.1) is 5.82 Å². The van der Waals surface area contributed by atoms with Crippen LogP contribution in [0.3, 0.4) is 0 Å². The second-order valence-corrected chi connectivity index (χ2v) is 4.24. The normalized spacial score (nSPS) is 11.3. The smallest absolute Gasteiger partial charge is 0.137 e. The van der Waals surface area contributed by atoms with Gasteiger partial charge in [-0.1, -0.05) is 19.1 Å². The largest absolute Gasteiger partial charge is 0.282 e. The van der Waals surface area contributed by atoms with Gasteiger partial charge in [-0.25, -0.2) is 4.39 Å². The number of rotatable bonds is 3. The van der Waals surface area contributed by atoms with Crippen LogP contribution in [-0.4, -0.2) is 6.16 Å². The maximum absolute atomic E-state index is 13.0. The average molecular weight is 185 g/mol. The first-order valence-corrected chi connectivity index (χ1v) is 5.39. The van der Waals surface area contributed by atoms with E-state index >= 15 is 0 Å². The summed E-state index contributed by atoms with van der Waals surface area (Å²) < 4.78 is 24.4. The number of benzene rings is 1. The predicted molar refractivity (Wildman–Crippen MR) is 48.8 cm³/mol. The van der Waals surface area contributed by atoms with Gasteiger partial charge in [0.05, 0.1) is 5.30 Å². The van der Waals surface area contributed by atoms with Gasteiger partial charge in [0.1, 0.15) is 13.6 Å². The quantitative estimate of drug-likeness (QED) is 0.661.